The molecule has 4 aromatic heterocycles. The maximum absolute atomic E-state index is 12.8. The van der Waals surface area contributed by atoms with Gasteiger partial charge in [-0.15, -0.1) is 10.2 Å². The molecule has 5 aromatic rings. The van der Waals surface area contributed by atoms with Gasteiger partial charge in [0.1, 0.15) is 0 Å². The summed E-state index contributed by atoms with van der Waals surface area (Å²) in [5, 5.41) is 24.2. The maximum atomic E-state index is 12.8. The Morgan fingerprint density at radius 2 is 1.97 bits per heavy atom. The summed E-state index contributed by atoms with van der Waals surface area (Å²) in [4.78, 5) is 12.8. The topological polar surface area (TPSA) is 90.0 Å². The highest BCUT2D eigenvalue weighted by molar-refractivity contribution is 7.08. The Morgan fingerprint density at radius 3 is 2.77 bits per heavy atom. The van der Waals surface area contributed by atoms with Crippen LogP contribution in [0.15, 0.2) is 65.5 Å². The fourth-order valence-corrected chi connectivity index (χ4v) is 3.87. The van der Waals surface area contributed by atoms with Crippen molar-refractivity contribution in [2.75, 3.05) is 0 Å². The number of thiophene rings is 1. The molecule has 0 aliphatic carbocycles. The van der Waals surface area contributed by atoms with Gasteiger partial charge in [0.25, 0.3) is 5.91 Å². The number of hydrogen-bond donors (Lipinski definition) is 1. The Hall–Kier alpha value is -3.85. The number of amides is 1. The summed E-state index contributed by atoms with van der Waals surface area (Å²) in [6.45, 7) is 2.08. The molecule has 0 radical (unpaired) electrons. The molecule has 1 N–H and O–H groups in total. The van der Waals surface area contributed by atoms with Gasteiger partial charge in [-0.25, -0.2) is 4.68 Å². The molecule has 30 heavy (non-hydrogen) atoms. The number of carbonyl (C=O) groups excluding carboxylic acids is 1. The second kappa shape index (κ2) is 7.53. The average molecular weight is 415 g/mol. The molecule has 0 aliphatic heterocycles. The number of benzene rings is 1. The minimum Gasteiger partial charge on any atom is -0.345 e. The molecule has 0 atom stereocenters. The van der Waals surface area contributed by atoms with E-state index in [-0.39, 0.29) is 12.5 Å². The van der Waals surface area contributed by atoms with Gasteiger partial charge in [0.15, 0.2) is 11.5 Å². The highest BCUT2D eigenvalue weighted by Gasteiger charge is 2.16. The van der Waals surface area contributed by atoms with Crippen LogP contribution in [0.25, 0.3) is 22.6 Å². The number of aromatic nitrogens is 6. The Bertz CT molecular complexity index is 1320. The lowest BCUT2D eigenvalue weighted by Gasteiger charge is -2.06. The largest absolute Gasteiger partial charge is 0.345 e. The summed E-state index contributed by atoms with van der Waals surface area (Å²) in [5.74, 6) is 0.337. The molecule has 0 saturated carbocycles. The first kappa shape index (κ1) is 18.2. The minimum absolute atomic E-state index is 0.204. The van der Waals surface area contributed by atoms with E-state index < -0.39 is 0 Å². The molecular formula is C21H17N7OS. The third-order valence-corrected chi connectivity index (χ3v) is 5.49. The molecule has 9 heteroatoms. The van der Waals surface area contributed by atoms with E-state index in [0.29, 0.717) is 17.0 Å². The van der Waals surface area contributed by atoms with Gasteiger partial charge >= 0.3 is 0 Å². The van der Waals surface area contributed by atoms with E-state index in [2.05, 4.69) is 25.7 Å². The number of hydrogen-bond acceptors (Lipinski definition) is 6. The normalized spacial score (nSPS) is 11.1. The van der Waals surface area contributed by atoms with Crippen LogP contribution in [0.4, 0.5) is 0 Å². The van der Waals surface area contributed by atoms with E-state index in [0.717, 1.165) is 22.6 Å². The summed E-state index contributed by atoms with van der Waals surface area (Å²) in [6.07, 6.45) is 1.58. The zero-order valence-electron chi connectivity index (χ0n) is 16.1. The van der Waals surface area contributed by atoms with Gasteiger partial charge in [-0.1, -0.05) is 18.2 Å². The summed E-state index contributed by atoms with van der Waals surface area (Å²) >= 11 is 1.61. The van der Waals surface area contributed by atoms with Crippen LogP contribution in [0.3, 0.4) is 0 Å². The number of nitrogens with one attached hydrogen (secondary N) is 1. The zero-order valence-corrected chi connectivity index (χ0v) is 16.9. The van der Waals surface area contributed by atoms with Crippen LogP contribution in [-0.4, -0.2) is 35.5 Å². The molecule has 0 unspecified atom stereocenters. The maximum Gasteiger partial charge on any atom is 0.255 e. The number of fused-ring (bicyclic) bond motifs is 1. The van der Waals surface area contributed by atoms with Crippen molar-refractivity contribution in [2.24, 2.45) is 0 Å². The first-order valence-electron chi connectivity index (χ1n) is 9.33. The highest BCUT2D eigenvalue weighted by Crippen LogP contribution is 2.20. The van der Waals surface area contributed by atoms with Crippen molar-refractivity contribution in [3.8, 4) is 16.9 Å². The molecule has 0 aliphatic rings. The Balaban J connectivity index is 1.36. The Labute approximate surface area is 175 Å². The van der Waals surface area contributed by atoms with Crippen molar-refractivity contribution in [3.05, 3.63) is 82.6 Å². The van der Waals surface area contributed by atoms with Gasteiger partial charge in [0, 0.05) is 10.9 Å². The summed E-state index contributed by atoms with van der Waals surface area (Å²) in [7, 11) is 0. The molecule has 8 nitrogen and oxygen atoms in total. The highest BCUT2D eigenvalue weighted by atomic mass is 32.1. The molecule has 148 valence electrons. The fourth-order valence-electron chi connectivity index (χ4n) is 3.22. The van der Waals surface area contributed by atoms with Crippen LogP contribution in [0.5, 0.6) is 0 Å². The van der Waals surface area contributed by atoms with E-state index >= 15 is 0 Å². The first-order valence-corrected chi connectivity index (χ1v) is 10.3. The molecule has 5 rings (SSSR count). The molecule has 1 aromatic carbocycles. The molecule has 4 heterocycles. The van der Waals surface area contributed by atoms with Crippen LogP contribution >= 0.6 is 11.3 Å². The van der Waals surface area contributed by atoms with Crippen molar-refractivity contribution in [1.82, 2.24) is 34.9 Å². The summed E-state index contributed by atoms with van der Waals surface area (Å²) in [6, 6.07) is 15.5. The van der Waals surface area contributed by atoms with Crippen molar-refractivity contribution in [1.29, 1.82) is 0 Å². The molecule has 0 fully saturated rings. The van der Waals surface area contributed by atoms with Crippen LogP contribution in [-0.2, 0) is 6.54 Å². The summed E-state index contributed by atoms with van der Waals surface area (Å²) < 4.78 is 3.41. The van der Waals surface area contributed by atoms with Gasteiger partial charge in [-0.2, -0.15) is 26.0 Å². The van der Waals surface area contributed by atoms with Crippen molar-refractivity contribution in [3.63, 3.8) is 0 Å². The lowest BCUT2D eigenvalue weighted by molar-refractivity contribution is 0.0949. The molecule has 0 spiro atoms. The predicted octanol–water partition coefficient (Wildman–Crippen LogP) is 3.28. The standard InChI is InChI=1S/C21H17N7OS/c1-14-17(11-23-27(14)16-5-3-2-4-6-16)21(29)22-12-20-25-24-19-8-7-18(26-28(19)20)15-9-10-30-13-15/h2-11,13H,12H2,1H3,(H,22,29). The van der Waals surface area contributed by atoms with Crippen molar-refractivity contribution in [2.45, 2.75) is 13.5 Å². The average Bonchev–Trinajstić information content (AvgIpc) is 3.52. The number of para-hydroxylation sites is 1. The first-order chi connectivity index (χ1) is 14.7. The van der Waals surface area contributed by atoms with E-state index in [1.165, 1.54) is 0 Å². The van der Waals surface area contributed by atoms with E-state index in [4.69, 9.17) is 0 Å². The van der Waals surface area contributed by atoms with Gasteiger partial charge in [0.05, 0.1) is 35.4 Å². The number of nitrogens with zero attached hydrogens (tertiary/aromatic N) is 6. The molecule has 0 saturated heterocycles. The second-order valence-corrected chi connectivity index (χ2v) is 7.47. The zero-order chi connectivity index (χ0) is 20.5. The number of rotatable bonds is 5. The monoisotopic (exact) mass is 415 g/mol. The molecular weight excluding hydrogens is 398 g/mol. The number of carbonyl (C=O) groups is 1. The molecule has 0 bridgehead atoms. The third kappa shape index (κ3) is 3.25. The third-order valence-electron chi connectivity index (χ3n) is 4.81. The van der Waals surface area contributed by atoms with Crippen LogP contribution in [0, 0.1) is 6.92 Å². The summed E-state index contributed by atoms with van der Waals surface area (Å²) in [5.41, 5.74) is 4.68. The van der Waals surface area contributed by atoms with Gasteiger partial charge in [-0.05, 0) is 42.6 Å². The Kier molecular flexibility index (Phi) is 4.56. The van der Waals surface area contributed by atoms with Crippen LogP contribution in [0.2, 0.25) is 0 Å². The molecule has 1 amide bonds. The van der Waals surface area contributed by atoms with Gasteiger partial charge in [0.2, 0.25) is 0 Å². The van der Waals surface area contributed by atoms with Crippen LogP contribution < -0.4 is 5.32 Å². The minimum atomic E-state index is -0.222. The predicted molar refractivity (Wildman–Crippen MR) is 114 cm³/mol. The van der Waals surface area contributed by atoms with E-state index in [9.17, 15) is 4.79 Å². The van der Waals surface area contributed by atoms with Gasteiger partial charge < -0.3 is 5.32 Å². The lowest BCUT2D eigenvalue weighted by atomic mass is 10.2. The quantitative estimate of drug-likeness (QED) is 0.476. The fraction of sp³-hybridized carbons (Fsp3) is 0.0952. The van der Waals surface area contributed by atoms with Crippen LogP contribution in [0.1, 0.15) is 21.9 Å². The lowest BCUT2D eigenvalue weighted by Crippen LogP contribution is -2.24. The Morgan fingerprint density at radius 1 is 1.10 bits per heavy atom. The van der Waals surface area contributed by atoms with E-state index in [1.54, 1.807) is 26.7 Å². The van der Waals surface area contributed by atoms with Gasteiger partial charge in [-0.3, -0.25) is 4.79 Å². The van der Waals surface area contributed by atoms with Crippen molar-refractivity contribution < 1.29 is 4.79 Å². The second-order valence-electron chi connectivity index (χ2n) is 6.69. The van der Waals surface area contributed by atoms with Crippen molar-refractivity contribution >= 4 is 22.9 Å². The SMILES string of the molecule is Cc1c(C(=O)NCc2nnc3ccc(-c4ccsc4)nn23)cnn1-c1ccccc1. The smallest absolute Gasteiger partial charge is 0.255 e. The van der Waals surface area contributed by atoms with E-state index in [1.807, 2.05) is 66.2 Å².